The van der Waals surface area contributed by atoms with Gasteiger partial charge in [-0.15, -0.1) is 0 Å². The van der Waals surface area contributed by atoms with Crippen LogP contribution in [0.5, 0.6) is 0 Å². The van der Waals surface area contributed by atoms with Crippen molar-refractivity contribution < 1.29 is 14.0 Å². The lowest BCUT2D eigenvalue weighted by Gasteiger charge is -2.02. The second-order valence-electron chi connectivity index (χ2n) is 5.20. The van der Waals surface area contributed by atoms with Crippen LogP contribution in [0.3, 0.4) is 0 Å². The number of pyridine rings is 1. The molecule has 3 heterocycles. The third kappa shape index (κ3) is 3.22. The Morgan fingerprint density at radius 1 is 1.40 bits per heavy atom. The molecule has 0 saturated heterocycles. The summed E-state index contributed by atoms with van der Waals surface area (Å²) in [6, 6.07) is 1.68. The first kappa shape index (κ1) is 16.7. The van der Waals surface area contributed by atoms with Crippen LogP contribution in [0.25, 0.3) is 11.5 Å². The van der Waals surface area contributed by atoms with Crippen molar-refractivity contribution in [2.24, 2.45) is 12.8 Å². The van der Waals surface area contributed by atoms with Crippen LogP contribution in [0, 0.1) is 6.92 Å². The predicted molar refractivity (Wildman–Crippen MR) is 89.2 cm³/mol. The van der Waals surface area contributed by atoms with Gasteiger partial charge in [0.05, 0.1) is 5.69 Å². The summed E-state index contributed by atoms with van der Waals surface area (Å²) in [5.41, 5.74) is 6.71. The van der Waals surface area contributed by atoms with Gasteiger partial charge in [-0.3, -0.25) is 14.3 Å². The average Bonchev–Trinajstić information content (AvgIpc) is 3.17. The minimum Gasteiger partial charge on any atom is -0.444 e. The van der Waals surface area contributed by atoms with E-state index in [0.717, 1.165) is 0 Å². The molecule has 0 unspecified atom stereocenters. The third-order valence-electron chi connectivity index (χ3n) is 3.42. The van der Waals surface area contributed by atoms with Crippen LogP contribution in [0.1, 0.15) is 26.5 Å². The molecule has 0 saturated carbocycles. The molecule has 0 aliphatic carbocycles. The van der Waals surface area contributed by atoms with Gasteiger partial charge in [-0.1, -0.05) is 11.6 Å². The third-order valence-corrected chi connectivity index (χ3v) is 3.80. The number of rotatable bonds is 4. The Balaban J connectivity index is 1.87. The summed E-state index contributed by atoms with van der Waals surface area (Å²) >= 11 is 5.98. The van der Waals surface area contributed by atoms with Crippen LogP contribution in [-0.4, -0.2) is 31.6 Å². The number of carbonyl (C=O) groups excluding carboxylic acids is 2. The first-order valence-electron chi connectivity index (χ1n) is 7.08. The summed E-state index contributed by atoms with van der Waals surface area (Å²) in [7, 11) is 1.60. The van der Waals surface area contributed by atoms with E-state index in [2.05, 4.69) is 20.4 Å². The average molecular weight is 361 g/mol. The minimum absolute atomic E-state index is 0.0293. The number of carbonyl (C=O) groups is 2. The maximum absolute atomic E-state index is 12.3. The van der Waals surface area contributed by atoms with Gasteiger partial charge in [-0.25, -0.2) is 9.97 Å². The van der Waals surface area contributed by atoms with Crippen molar-refractivity contribution in [3.8, 4) is 11.5 Å². The number of hydrogen-bond donors (Lipinski definition) is 2. The second kappa shape index (κ2) is 6.36. The molecule has 128 valence electrons. The summed E-state index contributed by atoms with van der Waals surface area (Å²) in [6.07, 6.45) is 4.19. The highest BCUT2D eigenvalue weighted by Crippen LogP contribution is 2.26. The molecule has 25 heavy (non-hydrogen) atoms. The van der Waals surface area contributed by atoms with Gasteiger partial charge in [-0.05, 0) is 18.6 Å². The second-order valence-corrected chi connectivity index (χ2v) is 5.55. The summed E-state index contributed by atoms with van der Waals surface area (Å²) in [5.74, 6) is -1.09. The highest BCUT2D eigenvalue weighted by atomic mass is 35.5. The summed E-state index contributed by atoms with van der Waals surface area (Å²) < 4.78 is 6.72. The lowest BCUT2D eigenvalue weighted by atomic mass is 10.1. The molecule has 3 aromatic rings. The Hall–Kier alpha value is -3.20. The number of halogens is 1. The maximum atomic E-state index is 12.3. The first-order chi connectivity index (χ1) is 11.9. The van der Waals surface area contributed by atoms with E-state index in [4.69, 9.17) is 21.8 Å². The van der Waals surface area contributed by atoms with E-state index in [1.807, 2.05) is 0 Å². The van der Waals surface area contributed by atoms with Gasteiger partial charge in [0.15, 0.2) is 11.4 Å². The van der Waals surface area contributed by atoms with Crippen LogP contribution in [0.15, 0.2) is 29.1 Å². The smallest absolute Gasteiger partial charge is 0.277 e. The van der Waals surface area contributed by atoms with Gasteiger partial charge in [0.25, 0.3) is 11.8 Å². The summed E-state index contributed by atoms with van der Waals surface area (Å²) in [6.45, 7) is 1.77. The molecule has 0 aromatic carbocycles. The van der Waals surface area contributed by atoms with Crippen molar-refractivity contribution in [1.29, 1.82) is 0 Å². The molecule has 0 aliphatic rings. The van der Waals surface area contributed by atoms with Gasteiger partial charge in [0.1, 0.15) is 11.4 Å². The van der Waals surface area contributed by atoms with E-state index < -0.39 is 11.8 Å². The SMILES string of the molecule is Cc1c(-c2nc(C(=O)Nc3cn(C)nc3C(N)=O)co2)ccnc1Cl. The van der Waals surface area contributed by atoms with Crippen LogP contribution >= 0.6 is 11.6 Å². The zero-order valence-electron chi connectivity index (χ0n) is 13.3. The van der Waals surface area contributed by atoms with Crippen molar-refractivity contribution >= 4 is 29.1 Å². The van der Waals surface area contributed by atoms with Crippen LogP contribution in [0.4, 0.5) is 5.69 Å². The number of hydrogen-bond acceptors (Lipinski definition) is 6. The summed E-state index contributed by atoms with van der Waals surface area (Å²) in [4.78, 5) is 31.8. The Bertz CT molecular complexity index is 978. The molecule has 3 aromatic heterocycles. The number of amides is 2. The van der Waals surface area contributed by atoms with E-state index in [1.54, 1.807) is 20.0 Å². The zero-order valence-corrected chi connectivity index (χ0v) is 14.0. The molecule has 2 amide bonds. The molecule has 0 fully saturated rings. The van der Waals surface area contributed by atoms with Gasteiger partial charge < -0.3 is 15.5 Å². The number of primary amides is 1. The van der Waals surface area contributed by atoms with Gasteiger partial charge in [0, 0.05) is 25.0 Å². The van der Waals surface area contributed by atoms with Gasteiger partial charge >= 0.3 is 0 Å². The predicted octanol–water partition coefficient (Wildman–Crippen LogP) is 1.78. The van der Waals surface area contributed by atoms with Gasteiger partial charge in [0.2, 0.25) is 5.89 Å². The number of nitrogens with one attached hydrogen (secondary N) is 1. The number of nitrogens with two attached hydrogens (primary N) is 1. The van der Waals surface area contributed by atoms with E-state index >= 15 is 0 Å². The molecule has 9 nitrogen and oxygen atoms in total. The monoisotopic (exact) mass is 360 g/mol. The number of oxazole rings is 1. The van der Waals surface area contributed by atoms with E-state index in [-0.39, 0.29) is 23.0 Å². The standard InChI is InChI=1S/C15H13ClN6O3/c1-7-8(3-4-18-12(7)16)15-20-10(6-25-15)14(24)19-9-5-22(2)21-11(9)13(17)23/h3-6H,1-2H3,(H2,17,23)(H,19,24). The summed E-state index contributed by atoms with van der Waals surface area (Å²) in [5, 5.41) is 6.75. The maximum Gasteiger partial charge on any atom is 0.277 e. The quantitative estimate of drug-likeness (QED) is 0.682. The zero-order chi connectivity index (χ0) is 18.1. The Kier molecular flexibility index (Phi) is 4.24. The normalized spacial score (nSPS) is 10.7. The molecule has 0 aliphatic heterocycles. The lowest BCUT2D eigenvalue weighted by molar-refractivity contribution is 0.0995. The van der Waals surface area contributed by atoms with Crippen molar-refractivity contribution in [2.45, 2.75) is 6.92 Å². The fourth-order valence-corrected chi connectivity index (χ4v) is 2.35. The first-order valence-corrected chi connectivity index (χ1v) is 7.46. The van der Waals surface area contributed by atoms with E-state index in [9.17, 15) is 9.59 Å². The fraction of sp³-hybridized carbons (Fsp3) is 0.133. The van der Waals surface area contributed by atoms with Crippen LogP contribution in [0.2, 0.25) is 5.15 Å². The molecular weight excluding hydrogens is 348 g/mol. The molecule has 0 atom stereocenters. The fourth-order valence-electron chi connectivity index (χ4n) is 2.19. The number of aryl methyl sites for hydroxylation is 1. The van der Waals surface area contributed by atoms with Crippen molar-refractivity contribution in [3.63, 3.8) is 0 Å². The Morgan fingerprint density at radius 2 is 2.16 bits per heavy atom. The highest BCUT2D eigenvalue weighted by Gasteiger charge is 2.20. The van der Waals surface area contributed by atoms with E-state index in [0.29, 0.717) is 16.3 Å². The molecule has 0 spiro atoms. The molecule has 3 rings (SSSR count). The van der Waals surface area contributed by atoms with Crippen LogP contribution in [-0.2, 0) is 7.05 Å². The van der Waals surface area contributed by atoms with Crippen LogP contribution < -0.4 is 11.1 Å². The van der Waals surface area contributed by atoms with Crippen molar-refractivity contribution in [3.05, 3.63) is 46.8 Å². The number of anilines is 1. The lowest BCUT2D eigenvalue weighted by Crippen LogP contribution is -2.18. The van der Waals surface area contributed by atoms with Crippen molar-refractivity contribution in [1.82, 2.24) is 19.7 Å². The number of aromatic nitrogens is 4. The molecule has 10 heteroatoms. The Labute approximate surface area is 146 Å². The molecular formula is C15H13ClN6O3. The minimum atomic E-state index is -0.751. The topological polar surface area (TPSA) is 129 Å². The number of nitrogens with zero attached hydrogens (tertiary/aromatic N) is 4. The van der Waals surface area contributed by atoms with E-state index in [1.165, 1.54) is 23.3 Å². The highest BCUT2D eigenvalue weighted by molar-refractivity contribution is 6.30. The largest absolute Gasteiger partial charge is 0.444 e. The van der Waals surface area contributed by atoms with Crippen molar-refractivity contribution in [2.75, 3.05) is 5.32 Å². The molecule has 3 N–H and O–H groups in total. The molecule has 0 radical (unpaired) electrons. The van der Waals surface area contributed by atoms with Gasteiger partial charge in [-0.2, -0.15) is 5.10 Å². The Morgan fingerprint density at radius 3 is 2.88 bits per heavy atom. The molecule has 0 bridgehead atoms.